The fourth-order valence-corrected chi connectivity index (χ4v) is 12.1. The molecule has 2 aromatic carbocycles. The molecule has 0 saturated heterocycles. The number of hydrogen-bond acceptors (Lipinski definition) is 14. The van der Waals surface area contributed by atoms with Crippen molar-refractivity contribution < 1.29 is 64.1 Å². The van der Waals surface area contributed by atoms with Gasteiger partial charge in [0.05, 0.1) is 58.5 Å². The second-order valence-electron chi connectivity index (χ2n) is 24.2. The van der Waals surface area contributed by atoms with Crippen molar-refractivity contribution in [3.05, 3.63) is 107 Å². The van der Waals surface area contributed by atoms with Crippen LogP contribution in [-0.4, -0.2) is 114 Å². The van der Waals surface area contributed by atoms with Crippen LogP contribution in [0.3, 0.4) is 0 Å². The van der Waals surface area contributed by atoms with Crippen LogP contribution < -0.4 is 0 Å². The van der Waals surface area contributed by atoms with Crippen LogP contribution in [0, 0.1) is 0 Å². The van der Waals surface area contributed by atoms with Gasteiger partial charge in [-0.2, -0.15) is 0 Å². The van der Waals surface area contributed by atoms with E-state index in [0.717, 1.165) is 115 Å². The van der Waals surface area contributed by atoms with Crippen molar-refractivity contribution in [2.75, 3.05) is 26.4 Å². The molecule has 17 heteroatoms. The zero-order chi connectivity index (χ0) is 67.4. The molecule has 0 atom stereocenters. The van der Waals surface area contributed by atoms with Crippen molar-refractivity contribution in [1.82, 2.24) is 0 Å². The largest absolute Gasteiger partial charge is 2.00 e. The van der Waals surface area contributed by atoms with Crippen LogP contribution in [0.4, 0.5) is 0 Å². The van der Waals surface area contributed by atoms with Crippen molar-refractivity contribution in [2.45, 2.75) is 320 Å². The van der Waals surface area contributed by atoms with E-state index in [-0.39, 0.29) is 75.3 Å². The Hall–Kier alpha value is -3.64. The number of unbranched alkanes of at least 4 members (excludes halogenated alkanes) is 36. The van der Waals surface area contributed by atoms with Crippen LogP contribution in [0.5, 0.6) is 0 Å². The van der Waals surface area contributed by atoms with Gasteiger partial charge in [0.25, 0.3) is 0 Å². The molecule has 0 amide bonds. The van der Waals surface area contributed by atoms with Crippen LogP contribution in [-0.2, 0) is 39.2 Å². The Labute approximate surface area is 595 Å². The Morgan fingerprint density at radius 2 is 0.495 bits per heavy atom. The monoisotopic (exact) mass is 1360 g/mol. The summed E-state index contributed by atoms with van der Waals surface area (Å²) in [5.74, 6) is -3.64. The van der Waals surface area contributed by atoms with Gasteiger partial charge in [-0.15, -0.1) is 0 Å². The molecule has 0 fully saturated rings. The third-order valence-corrected chi connectivity index (χ3v) is 17.8. The molecule has 0 aromatic heterocycles. The van der Waals surface area contributed by atoms with Gasteiger partial charge in [-0.05, 0) is 127 Å². The minimum absolute atomic E-state index is 0. The Morgan fingerprint density at radius 1 is 0.301 bits per heavy atom. The van der Waals surface area contributed by atoms with E-state index in [0.29, 0.717) is 25.7 Å². The minimum Gasteiger partial charge on any atom is -0.744 e. The predicted octanol–water partition coefficient (Wildman–Crippen LogP) is 20.9. The van der Waals surface area contributed by atoms with Gasteiger partial charge in [-0.1, -0.05) is 268 Å². The summed E-state index contributed by atoms with van der Waals surface area (Å²) in [6, 6.07) is 7.20. The Morgan fingerprint density at radius 3 is 0.699 bits per heavy atom. The van der Waals surface area contributed by atoms with E-state index in [1.807, 2.05) is 0 Å². The maximum Gasteiger partial charge on any atom is 2.00 e. The SMILES string of the molecule is CC/C=C/CCCCCCCCCCCOC(=O)c1cccc(S(=O)(=O)[O-])c1C(=O)OCCCCCCCCCCC/C=C/CC.CC/C=C/CCCCCCCCCCCOC(=O)c1cccc(S(=O)(=O)[O-])c1C(=O)OCCCCCCCCCCC/C=C/CC.[Ca+2]. The van der Waals surface area contributed by atoms with Gasteiger partial charge in [0.2, 0.25) is 0 Å². The fourth-order valence-electron chi connectivity index (χ4n) is 10.7. The van der Waals surface area contributed by atoms with Crippen molar-refractivity contribution in [3.63, 3.8) is 0 Å². The molecule has 2 rings (SSSR count). The number of ether oxygens (including phenoxy) is 4. The number of allylic oxidation sites excluding steroid dienone is 8. The first kappa shape index (κ1) is 89.4. The van der Waals surface area contributed by atoms with Crippen LogP contribution >= 0.6 is 0 Å². The van der Waals surface area contributed by atoms with E-state index in [4.69, 9.17) is 18.9 Å². The Balaban J connectivity index is 0.00000180. The van der Waals surface area contributed by atoms with Gasteiger partial charge in [0.1, 0.15) is 20.2 Å². The van der Waals surface area contributed by atoms with E-state index in [9.17, 15) is 45.1 Å². The first-order valence-corrected chi connectivity index (χ1v) is 38.9. The molecule has 0 unspecified atom stereocenters. The van der Waals surface area contributed by atoms with E-state index < -0.39 is 65.0 Å². The molecule has 0 aliphatic heterocycles. The Bertz CT molecular complexity index is 2400. The van der Waals surface area contributed by atoms with Gasteiger partial charge in [0.15, 0.2) is 0 Å². The molecule has 0 bridgehead atoms. The van der Waals surface area contributed by atoms with Gasteiger partial charge >= 0.3 is 61.6 Å². The summed E-state index contributed by atoms with van der Waals surface area (Å²) in [6.45, 7) is 9.09. The third-order valence-electron chi connectivity index (χ3n) is 16.0. The summed E-state index contributed by atoms with van der Waals surface area (Å²) in [7, 11) is -10.0. The normalized spacial score (nSPS) is 11.8. The molecule has 524 valence electrons. The Kier molecular flexibility index (Phi) is 59.5. The zero-order valence-corrected chi connectivity index (χ0v) is 62.1. The molecule has 0 heterocycles. The second-order valence-corrected chi connectivity index (χ2v) is 26.9. The number of hydrogen-bond donors (Lipinski definition) is 0. The standard InChI is InChI=1S/2C38H62O7S.Ca/c2*1-3-5-7-9-11-13-15-17-19-21-23-25-27-32-44-37(39)34-30-29-31-35(46(41,42)43)36(34)38(40)45-33-28-26-24-22-20-18-16-14-12-10-8-6-4-2;/h2*5-8,29-31H,3-4,9-28,32-33H2,1-2H3,(H,41,42,43);/q;;+2/p-2/b2*7-5+,8-6+;. The van der Waals surface area contributed by atoms with Crippen LogP contribution in [0.1, 0.15) is 352 Å². The number of esters is 4. The maximum absolute atomic E-state index is 12.9. The van der Waals surface area contributed by atoms with Gasteiger partial charge in [-0.25, -0.2) is 36.0 Å². The molecule has 0 spiro atoms. The van der Waals surface area contributed by atoms with Crippen molar-refractivity contribution in [2.24, 2.45) is 0 Å². The van der Waals surface area contributed by atoms with E-state index >= 15 is 0 Å². The molecule has 14 nitrogen and oxygen atoms in total. The van der Waals surface area contributed by atoms with Crippen LogP contribution in [0.2, 0.25) is 0 Å². The molecule has 0 saturated carbocycles. The van der Waals surface area contributed by atoms with E-state index in [2.05, 4.69) is 76.3 Å². The number of benzene rings is 2. The van der Waals surface area contributed by atoms with Crippen LogP contribution in [0.15, 0.2) is 94.8 Å². The molecular formula is C76H122CaO14S2. The average molecular weight is 1360 g/mol. The zero-order valence-electron chi connectivity index (χ0n) is 58.3. The van der Waals surface area contributed by atoms with E-state index in [1.165, 1.54) is 178 Å². The smallest absolute Gasteiger partial charge is 0.744 e. The molecule has 93 heavy (non-hydrogen) atoms. The van der Waals surface area contributed by atoms with Gasteiger partial charge in [-0.3, -0.25) is 0 Å². The summed E-state index contributed by atoms with van der Waals surface area (Å²) in [5, 5.41) is 0. The van der Waals surface area contributed by atoms with Crippen molar-refractivity contribution >= 4 is 81.9 Å². The van der Waals surface area contributed by atoms with E-state index in [1.54, 1.807) is 0 Å². The molecule has 2 aromatic rings. The molecular weight excluding hydrogens is 1240 g/mol. The fraction of sp³-hybridized carbons (Fsp3) is 0.684. The maximum atomic E-state index is 12.9. The quantitative estimate of drug-likeness (QED) is 0.0150. The summed E-state index contributed by atoms with van der Waals surface area (Å²) in [5.41, 5.74) is -1.58. The van der Waals surface area contributed by atoms with Crippen molar-refractivity contribution in [1.29, 1.82) is 0 Å². The van der Waals surface area contributed by atoms with Crippen molar-refractivity contribution in [3.8, 4) is 0 Å². The molecule has 0 radical (unpaired) electrons. The molecule has 0 aliphatic rings. The number of rotatable bonds is 58. The average Bonchev–Trinajstić information content (AvgIpc) is 0.820. The van der Waals surface area contributed by atoms with Gasteiger partial charge in [0, 0.05) is 0 Å². The topological polar surface area (TPSA) is 220 Å². The second kappa shape index (κ2) is 61.9. The molecule has 0 aliphatic carbocycles. The van der Waals surface area contributed by atoms with Crippen LogP contribution in [0.25, 0.3) is 0 Å². The summed E-state index contributed by atoms with van der Waals surface area (Å²) in [4.78, 5) is 50.0. The number of carbonyl (C=O) groups is 4. The predicted molar refractivity (Wildman–Crippen MR) is 378 cm³/mol. The van der Waals surface area contributed by atoms with Gasteiger partial charge < -0.3 is 28.1 Å². The minimum atomic E-state index is -5.01. The third kappa shape index (κ3) is 48.7. The summed E-state index contributed by atoms with van der Waals surface area (Å²) >= 11 is 0. The first-order valence-electron chi connectivity index (χ1n) is 36.1. The molecule has 0 N–H and O–H groups in total. The summed E-state index contributed by atoms with van der Waals surface area (Å²) in [6.07, 6.45) is 66.6. The summed E-state index contributed by atoms with van der Waals surface area (Å²) < 4.78 is 92.8. The first-order chi connectivity index (χ1) is 44.6. The number of carbonyl (C=O) groups excluding carboxylic acids is 4.